The maximum atomic E-state index is 11.8. The van der Waals surface area contributed by atoms with E-state index in [1.807, 2.05) is 20.9 Å². The van der Waals surface area contributed by atoms with Crippen LogP contribution >= 0.6 is 0 Å². The molecule has 2 N–H and O–H groups in total. The number of nitrogens with zero attached hydrogens (tertiary/aromatic N) is 1. The summed E-state index contributed by atoms with van der Waals surface area (Å²) in [5, 5.41) is 6.70. The summed E-state index contributed by atoms with van der Waals surface area (Å²) in [6.45, 7) is 7.92. The molecule has 0 saturated carbocycles. The van der Waals surface area contributed by atoms with Crippen LogP contribution in [0.15, 0.2) is 0 Å². The van der Waals surface area contributed by atoms with Crippen molar-refractivity contribution < 1.29 is 4.79 Å². The molecule has 4 nitrogen and oxygen atoms in total. The van der Waals surface area contributed by atoms with E-state index < -0.39 is 0 Å². The predicted molar refractivity (Wildman–Crippen MR) is 66.4 cm³/mol. The fourth-order valence-electron chi connectivity index (χ4n) is 2.00. The van der Waals surface area contributed by atoms with Gasteiger partial charge in [0.05, 0.1) is 6.04 Å². The van der Waals surface area contributed by atoms with Crippen molar-refractivity contribution in [2.75, 3.05) is 33.2 Å². The third-order valence-electron chi connectivity index (χ3n) is 3.39. The second kappa shape index (κ2) is 6.86. The van der Waals surface area contributed by atoms with Gasteiger partial charge >= 0.3 is 0 Å². The van der Waals surface area contributed by atoms with Crippen molar-refractivity contribution in [2.45, 2.75) is 32.7 Å². The molecule has 1 unspecified atom stereocenters. The zero-order chi connectivity index (χ0) is 12.0. The molecule has 1 saturated heterocycles. The highest BCUT2D eigenvalue weighted by atomic mass is 16.2. The molecule has 0 bridgehead atoms. The highest BCUT2D eigenvalue weighted by molar-refractivity contribution is 5.81. The lowest BCUT2D eigenvalue weighted by Gasteiger charge is -2.26. The minimum Gasteiger partial charge on any atom is -0.345 e. The molecule has 1 fully saturated rings. The summed E-state index contributed by atoms with van der Waals surface area (Å²) in [6.07, 6.45) is 2.44. The summed E-state index contributed by atoms with van der Waals surface area (Å²) in [4.78, 5) is 13.6. The molecule has 94 valence electrons. The van der Waals surface area contributed by atoms with Crippen molar-refractivity contribution in [1.29, 1.82) is 0 Å². The minimum atomic E-state index is -0.0557. The van der Waals surface area contributed by atoms with Crippen LogP contribution in [0, 0.1) is 5.92 Å². The van der Waals surface area contributed by atoms with Gasteiger partial charge < -0.3 is 15.5 Å². The second-order valence-electron chi connectivity index (χ2n) is 4.68. The Morgan fingerprint density at radius 3 is 2.69 bits per heavy atom. The van der Waals surface area contributed by atoms with Crippen LogP contribution < -0.4 is 10.6 Å². The summed E-state index contributed by atoms with van der Waals surface area (Å²) in [5.41, 5.74) is 0. The number of piperidine rings is 1. The zero-order valence-electron chi connectivity index (χ0n) is 10.8. The Morgan fingerprint density at radius 2 is 2.12 bits per heavy atom. The maximum absolute atomic E-state index is 11.8. The number of rotatable bonds is 5. The number of nitrogens with one attached hydrogen (secondary N) is 2. The Hall–Kier alpha value is -0.610. The van der Waals surface area contributed by atoms with Gasteiger partial charge in [-0.3, -0.25) is 4.79 Å². The van der Waals surface area contributed by atoms with Gasteiger partial charge in [0.2, 0.25) is 5.91 Å². The Bertz CT molecular complexity index is 214. The van der Waals surface area contributed by atoms with E-state index in [0.29, 0.717) is 0 Å². The van der Waals surface area contributed by atoms with Crippen LogP contribution in [0.5, 0.6) is 0 Å². The van der Waals surface area contributed by atoms with E-state index in [2.05, 4.69) is 10.6 Å². The molecule has 1 amide bonds. The lowest BCUT2D eigenvalue weighted by molar-refractivity contribution is -0.131. The van der Waals surface area contributed by atoms with E-state index >= 15 is 0 Å². The van der Waals surface area contributed by atoms with E-state index in [1.165, 1.54) is 12.8 Å². The minimum absolute atomic E-state index is 0.0557. The van der Waals surface area contributed by atoms with Crippen molar-refractivity contribution in [2.24, 2.45) is 5.92 Å². The lowest BCUT2D eigenvalue weighted by Crippen LogP contribution is -2.45. The van der Waals surface area contributed by atoms with Crippen molar-refractivity contribution in [3.63, 3.8) is 0 Å². The molecular formula is C12H25N3O. The number of carbonyl (C=O) groups is 1. The van der Waals surface area contributed by atoms with Crippen molar-refractivity contribution >= 4 is 5.91 Å². The normalized spacial score (nSPS) is 19.4. The summed E-state index contributed by atoms with van der Waals surface area (Å²) in [5.74, 6) is 0.917. The van der Waals surface area contributed by atoms with Crippen LogP contribution in [0.25, 0.3) is 0 Å². The van der Waals surface area contributed by atoms with Gasteiger partial charge in [-0.1, -0.05) is 0 Å². The van der Waals surface area contributed by atoms with Crippen LogP contribution in [0.3, 0.4) is 0 Å². The first-order chi connectivity index (χ1) is 7.65. The molecule has 1 atom stereocenters. The van der Waals surface area contributed by atoms with E-state index in [9.17, 15) is 4.79 Å². The van der Waals surface area contributed by atoms with E-state index in [0.717, 1.165) is 32.1 Å². The molecule has 16 heavy (non-hydrogen) atoms. The first-order valence-corrected chi connectivity index (χ1v) is 6.34. The van der Waals surface area contributed by atoms with Gasteiger partial charge in [-0.2, -0.15) is 0 Å². The third kappa shape index (κ3) is 4.10. The van der Waals surface area contributed by atoms with Crippen LogP contribution in [0.2, 0.25) is 0 Å². The molecule has 4 heteroatoms. The molecule has 1 heterocycles. The molecule has 0 aliphatic carbocycles. The first kappa shape index (κ1) is 13.5. The van der Waals surface area contributed by atoms with Crippen LogP contribution in [0.1, 0.15) is 26.7 Å². The molecule has 0 radical (unpaired) electrons. The van der Waals surface area contributed by atoms with Gasteiger partial charge in [-0.15, -0.1) is 0 Å². The number of hydrogen-bond acceptors (Lipinski definition) is 3. The topological polar surface area (TPSA) is 44.4 Å². The van der Waals surface area contributed by atoms with E-state index in [1.54, 1.807) is 4.90 Å². The van der Waals surface area contributed by atoms with Crippen LogP contribution in [0.4, 0.5) is 0 Å². The SMILES string of the molecule is CCN(C)C(=O)C(C)NCC1CCNCC1. The molecule has 0 aromatic carbocycles. The van der Waals surface area contributed by atoms with Gasteiger partial charge in [0.25, 0.3) is 0 Å². The van der Waals surface area contributed by atoms with E-state index in [4.69, 9.17) is 0 Å². The molecule has 1 aliphatic heterocycles. The lowest BCUT2D eigenvalue weighted by atomic mass is 9.98. The average Bonchev–Trinajstić information content (AvgIpc) is 2.35. The smallest absolute Gasteiger partial charge is 0.239 e. The van der Waals surface area contributed by atoms with Gasteiger partial charge in [0.1, 0.15) is 0 Å². The van der Waals surface area contributed by atoms with Crippen molar-refractivity contribution in [3.8, 4) is 0 Å². The van der Waals surface area contributed by atoms with Crippen molar-refractivity contribution in [1.82, 2.24) is 15.5 Å². The molecule has 1 rings (SSSR count). The molecular weight excluding hydrogens is 202 g/mol. The Kier molecular flexibility index (Phi) is 5.77. The van der Waals surface area contributed by atoms with Crippen molar-refractivity contribution in [3.05, 3.63) is 0 Å². The molecule has 0 aromatic rings. The van der Waals surface area contributed by atoms with E-state index in [-0.39, 0.29) is 11.9 Å². The van der Waals surface area contributed by atoms with Gasteiger partial charge in [0, 0.05) is 13.6 Å². The van der Waals surface area contributed by atoms with Crippen LogP contribution in [-0.2, 0) is 4.79 Å². The summed E-state index contributed by atoms with van der Waals surface area (Å²) < 4.78 is 0. The Morgan fingerprint density at radius 1 is 1.50 bits per heavy atom. The highest BCUT2D eigenvalue weighted by Gasteiger charge is 2.18. The molecule has 0 aromatic heterocycles. The Labute approximate surface area is 98.8 Å². The predicted octanol–water partition coefficient (Wildman–Crippen LogP) is 0.442. The number of likely N-dealkylation sites (N-methyl/N-ethyl adjacent to an activating group) is 1. The summed E-state index contributed by atoms with van der Waals surface area (Å²) in [6, 6.07) is -0.0557. The van der Waals surface area contributed by atoms with Gasteiger partial charge in [0.15, 0.2) is 0 Å². The van der Waals surface area contributed by atoms with Crippen LogP contribution in [-0.4, -0.2) is 50.1 Å². The van der Waals surface area contributed by atoms with Gasteiger partial charge in [-0.05, 0) is 52.2 Å². The largest absolute Gasteiger partial charge is 0.345 e. The second-order valence-corrected chi connectivity index (χ2v) is 4.68. The Balaban J connectivity index is 2.22. The monoisotopic (exact) mass is 227 g/mol. The number of amides is 1. The average molecular weight is 227 g/mol. The quantitative estimate of drug-likeness (QED) is 0.716. The number of carbonyl (C=O) groups excluding carboxylic acids is 1. The summed E-state index contributed by atoms with van der Waals surface area (Å²) >= 11 is 0. The zero-order valence-corrected chi connectivity index (χ0v) is 10.8. The van der Waals surface area contributed by atoms with Gasteiger partial charge in [-0.25, -0.2) is 0 Å². The maximum Gasteiger partial charge on any atom is 0.239 e. The number of hydrogen-bond donors (Lipinski definition) is 2. The fourth-order valence-corrected chi connectivity index (χ4v) is 2.00. The third-order valence-corrected chi connectivity index (χ3v) is 3.39. The molecule has 0 spiro atoms. The highest BCUT2D eigenvalue weighted by Crippen LogP contribution is 2.10. The fraction of sp³-hybridized carbons (Fsp3) is 0.917. The molecule has 1 aliphatic rings. The summed E-state index contributed by atoms with van der Waals surface area (Å²) in [7, 11) is 1.85. The standard InChI is InChI=1S/C12H25N3O/c1-4-15(3)12(16)10(2)14-9-11-5-7-13-8-6-11/h10-11,13-14H,4-9H2,1-3H3. The first-order valence-electron chi connectivity index (χ1n) is 6.34.